The zero-order valence-corrected chi connectivity index (χ0v) is 20.8. The van der Waals surface area contributed by atoms with Gasteiger partial charge in [0.2, 0.25) is 10.0 Å². The quantitative estimate of drug-likeness (QED) is 0.276. The average molecular weight is 531 g/mol. The molecule has 3 aromatic rings. The molecule has 3 atom stereocenters. The minimum Gasteiger partial charge on any atom is -0.508 e. The molecule has 0 aliphatic heterocycles. The number of ether oxygens (including phenoxy) is 2. The highest BCUT2D eigenvalue weighted by atomic mass is 32.2. The van der Waals surface area contributed by atoms with Crippen LogP contribution in [0.4, 0.5) is 4.79 Å². The number of phenols is 1. The standard InChI is InChI=1S/C26H30N2O8S/c29-19-9-6-12-22(16-19)37(32,33)28-25(35-20-10-4-5-11-20)24(30)23(15-18-7-2-1-3-8-18)27-26(31)36-21-13-14-34-17-21/h1-3,6-9,12-14,16-17,20,23-25,28-30H,4-5,10-11,15H2,(H,27,31)/t23-,24+,25?/m0/s1. The van der Waals surface area contributed by atoms with Crippen molar-refractivity contribution in [2.75, 3.05) is 0 Å². The van der Waals surface area contributed by atoms with Crippen LogP contribution < -0.4 is 14.8 Å². The maximum atomic E-state index is 13.2. The van der Waals surface area contributed by atoms with Gasteiger partial charge in [-0.1, -0.05) is 49.2 Å². The number of carbonyl (C=O) groups is 1. The van der Waals surface area contributed by atoms with Gasteiger partial charge in [0, 0.05) is 6.07 Å². The highest BCUT2D eigenvalue weighted by Gasteiger charge is 2.36. The lowest BCUT2D eigenvalue weighted by molar-refractivity contribution is -0.0895. The topological polar surface area (TPSA) is 147 Å². The fourth-order valence-electron chi connectivity index (χ4n) is 4.22. The van der Waals surface area contributed by atoms with Crippen molar-refractivity contribution in [3.63, 3.8) is 0 Å². The van der Waals surface area contributed by atoms with E-state index in [0.717, 1.165) is 37.3 Å². The molecule has 2 aromatic carbocycles. The van der Waals surface area contributed by atoms with Crippen LogP contribution in [0.2, 0.25) is 0 Å². The lowest BCUT2D eigenvalue weighted by atomic mass is 10.0. The van der Waals surface area contributed by atoms with E-state index in [1.165, 1.54) is 36.8 Å². The van der Waals surface area contributed by atoms with Gasteiger partial charge in [-0.15, -0.1) is 0 Å². The van der Waals surface area contributed by atoms with Crippen molar-refractivity contribution in [2.45, 2.75) is 61.5 Å². The van der Waals surface area contributed by atoms with E-state index in [0.29, 0.717) is 0 Å². The highest BCUT2D eigenvalue weighted by Crippen LogP contribution is 2.25. The van der Waals surface area contributed by atoms with Crippen LogP contribution in [-0.2, 0) is 21.2 Å². The van der Waals surface area contributed by atoms with E-state index in [4.69, 9.17) is 13.9 Å². The summed E-state index contributed by atoms with van der Waals surface area (Å²) in [6.07, 6.45) is 2.05. The van der Waals surface area contributed by atoms with Crippen LogP contribution in [0.1, 0.15) is 31.2 Å². The zero-order valence-electron chi connectivity index (χ0n) is 20.0. The summed E-state index contributed by atoms with van der Waals surface area (Å²) in [6.45, 7) is 0. The molecule has 4 rings (SSSR count). The fraction of sp³-hybridized carbons (Fsp3) is 0.346. The normalized spacial score (nSPS) is 16.7. The number of hydrogen-bond donors (Lipinski definition) is 4. The predicted octanol–water partition coefficient (Wildman–Crippen LogP) is 3.31. The molecule has 11 heteroatoms. The molecule has 0 saturated heterocycles. The lowest BCUT2D eigenvalue weighted by Gasteiger charge is -2.32. The molecule has 10 nitrogen and oxygen atoms in total. The summed E-state index contributed by atoms with van der Waals surface area (Å²) in [5.74, 6) is -0.0453. The van der Waals surface area contributed by atoms with Gasteiger partial charge in [-0.25, -0.2) is 13.2 Å². The second kappa shape index (κ2) is 12.2. The van der Waals surface area contributed by atoms with Gasteiger partial charge in [0.25, 0.3) is 0 Å². The Morgan fingerprint density at radius 2 is 1.84 bits per heavy atom. The molecule has 1 aliphatic carbocycles. The van der Waals surface area contributed by atoms with Crippen LogP contribution >= 0.6 is 0 Å². The smallest absolute Gasteiger partial charge is 0.413 e. The summed E-state index contributed by atoms with van der Waals surface area (Å²) in [5, 5.41) is 23.8. The molecule has 198 valence electrons. The summed E-state index contributed by atoms with van der Waals surface area (Å²) in [7, 11) is -4.20. The Kier molecular flexibility index (Phi) is 8.82. The van der Waals surface area contributed by atoms with Crippen molar-refractivity contribution in [2.24, 2.45) is 0 Å². The monoisotopic (exact) mass is 530 g/mol. The molecule has 1 saturated carbocycles. The number of hydrogen-bond acceptors (Lipinski definition) is 8. The molecule has 1 aromatic heterocycles. The minimum absolute atomic E-state index is 0.168. The first-order chi connectivity index (χ1) is 17.8. The first-order valence-electron chi connectivity index (χ1n) is 12.0. The number of sulfonamides is 1. The summed E-state index contributed by atoms with van der Waals surface area (Å²) >= 11 is 0. The Morgan fingerprint density at radius 3 is 2.51 bits per heavy atom. The third-order valence-corrected chi connectivity index (χ3v) is 7.49. The van der Waals surface area contributed by atoms with E-state index < -0.39 is 34.5 Å². The molecule has 1 amide bonds. The van der Waals surface area contributed by atoms with Crippen LogP contribution in [0.15, 0.2) is 82.5 Å². The Bertz CT molecular complexity index is 1240. The van der Waals surface area contributed by atoms with Gasteiger partial charge >= 0.3 is 6.09 Å². The molecule has 1 heterocycles. The van der Waals surface area contributed by atoms with Crippen LogP contribution in [0.3, 0.4) is 0 Å². The average Bonchev–Trinajstić information content (AvgIpc) is 3.58. The number of benzene rings is 2. The maximum Gasteiger partial charge on any atom is 0.413 e. The van der Waals surface area contributed by atoms with Crippen molar-refractivity contribution >= 4 is 16.1 Å². The van der Waals surface area contributed by atoms with E-state index in [1.54, 1.807) is 0 Å². The van der Waals surface area contributed by atoms with E-state index in [2.05, 4.69) is 10.0 Å². The van der Waals surface area contributed by atoms with Crippen LogP contribution in [0.25, 0.3) is 0 Å². The van der Waals surface area contributed by atoms with Gasteiger partial charge in [0.1, 0.15) is 24.3 Å². The molecule has 37 heavy (non-hydrogen) atoms. The highest BCUT2D eigenvalue weighted by molar-refractivity contribution is 7.89. The number of phenolic OH excluding ortho intramolecular Hbond substituents is 1. The van der Waals surface area contributed by atoms with E-state index in [9.17, 15) is 23.4 Å². The second-order valence-electron chi connectivity index (χ2n) is 8.86. The third kappa shape index (κ3) is 7.56. The third-order valence-electron chi connectivity index (χ3n) is 6.07. The number of nitrogens with one attached hydrogen (secondary N) is 2. The zero-order chi connectivity index (χ0) is 26.3. The predicted molar refractivity (Wildman–Crippen MR) is 133 cm³/mol. The van der Waals surface area contributed by atoms with Gasteiger partial charge in [-0.05, 0) is 43.0 Å². The number of amides is 1. The van der Waals surface area contributed by atoms with Crippen molar-refractivity contribution in [3.8, 4) is 11.5 Å². The molecule has 0 radical (unpaired) electrons. The second-order valence-corrected chi connectivity index (χ2v) is 10.6. The molecule has 1 aliphatic rings. The molecule has 1 unspecified atom stereocenters. The largest absolute Gasteiger partial charge is 0.508 e. The number of carbonyl (C=O) groups excluding carboxylic acids is 1. The number of aliphatic hydroxyl groups is 1. The Morgan fingerprint density at radius 1 is 1.08 bits per heavy atom. The summed E-state index contributed by atoms with van der Waals surface area (Å²) in [4.78, 5) is 12.4. The van der Waals surface area contributed by atoms with Crippen molar-refractivity contribution in [1.29, 1.82) is 0 Å². The summed E-state index contributed by atoms with van der Waals surface area (Å²) < 4.78 is 44.9. The van der Waals surface area contributed by atoms with Crippen molar-refractivity contribution in [3.05, 3.63) is 78.8 Å². The lowest BCUT2D eigenvalue weighted by Crippen LogP contribution is -2.57. The molecular formula is C26H30N2O8S. The van der Waals surface area contributed by atoms with Crippen molar-refractivity contribution < 1.29 is 37.3 Å². The molecule has 1 fully saturated rings. The Labute approximate surface area is 215 Å². The first-order valence-corrected chi connectivity index (χ1v) is 13.5. The first kappa shape index (κ1) is 26.7. The van der Waals surface area contributed by atoms with E-state index in [1.807, 2.05) is 30.3 Å². The fourth-order valence-corrected chi connectivity index (χ4v) is 5.39. The van der Waals surface area contributed by atoms with Gasteiger partial charge in [0.05, 0.1) is 23.3 Å². The Balaban J connectivity index is 1.59. The molecule has 0 bridgehead atoms. The molecular weight excluding hydrogens is 500 g/mol. The van der Waals surface area contributed by atoms with E-state index in [-0.39, 0.29) is 28.9 Å². The van der Waals surface area contributed by atoms with Gasteiger partial charge in [-0.2, -0.15) is 4.72 Å². The van der Waals surface area contributed by atoms with Crippen molar-refractivity contribution in [1.82, 2.24) is 10.0 Å². The van der Waals surface area contributed by atoms with Gasteiger partial charge in [0.15, 0.2) is 5.75 Å². The maximum absolute atomic E-state index is 13.2. The van der Waals surface area contributed by atoms with Crippen LogP contribution in [0, 0.1) is 0 Å². The Hall–Kier alpha value is -3.38. The summed E-state index contributed by atoms with van der Waals surface area (Å²) in [6, 6.07) is 14.8. The number of aliphatic hydroxyl groups excluding tert-OH is 1. The number of rotatable bonds is 11. The minimum atomic E-state index is -4.20. The summed E-state index contributed by atoms with van der Waals surface area (Å²) in [5.41, 5.74) is 0.797. The number of aromatic hydroxyl groups is 1. The van der Waals surface area contributed by atoms with Gasteiger partial charge < -0.3 is 29.4 Å². The molecule has 0 spiro atoms. The van der Waals surface area contributed by atoms with Crippen LogP contribution in [-0.4, -0.2) is 49.2 Å². The van der Waals surface area contributed by atoms with E-state index >= 15 is 0 Å². The SMILES string of the molecule is O=C(N[C@@H](Cc1ccccc1)[C@@H](O)C(NS(=O)(=O)c1cccc(O)c1)OC1CCCC1)Oc1ccoc1. The van der Waals surface area contributed by atoms with Gasteiger partial charge in [-0.3, -0.25) is 0 Å². The number of furan rings is 1. The molecule has 4 N–H and O–H groups in total. The van der Waals surface area contributed by atoms with Crippen LogP contribution in [0.5, 0.6) is 11.5 Å².